The van der Waals surface area contributed by atoms with Gasteiger partial charge in [0, 0.05) is 6.61 Å². The van der Waals surface area contributed by atoms with E-state index in [1.54, 1.807) is 6.20 Å². The lowest BCUT2D eigenvalue weighted by atomic mass is 9.48. The van der Waals surface area contributed by atoms with Gasteiger partial charge in [-0.3, -0.25) is 0 Å². The first-order valence-electron chi connectivity index (χ1n) is 13.3. The van der Waals surface area contributed by atoms with Gasteiger partial charge in [0.15, 0.2) is 0 Å². The molecule has 3 N–H and O–H groups in total. The maximum Gasteiger partial charge on any atom is 0.140 e. The molecule has 6 heteroatoms. The summed E-state index contributed by atoms with van der Waals surface area (Å²) in [5.74, 6) is 4.95. The molecule has 4 aliphatic rings. The summed E-state index contributed by atoms with van der Waals surface area (Å²) >= 11 is 0. The van der Waals surface area contributed by atoms with Gasteiger partial charge in [-0.05, 0) is 113 Å². The molecule has 1 unspecified atom stereocenters. The molecule has 0 aliphatic heterocycles. The molecule has 0 aromatic carbocycles. The molecule has 4 saturated carbocycles. The molecule has 0 amide bonds. The Morgan fingerprint density at radius 2 is 2.00 bits per heavy atom. The number of nitrogens with zero attached hydrogens (tertiary/aromatic N) is 3. The lowest BCUT2D eigenvalue weighted by Crippen LogP contribution is -2.52. The van der Waals surface area contributed by atoms with Gasteiger partial charge in [-0.2, -0.15) is 10.4 Å². The van der Waals surface area contributed by atoms with E-state index in [2.05, 4.69) is 25.0 Å². The summed E-state index contributed by atoms with van der Waals surface area (Å²) in [6.45, 7) is 8.00. The van der Waals surface area contributed by atoms with E-state index in [1.165, 1.54) is 44.9 Å². The number of nitrogens with two attached hydrogens (primary N) is 1. The summed E-state index contributed by atoms with van der Waals surface area (Å²) in [6, 6.07) is 2.39. The van der Waals surface area contributed by atoms with E-state index >= 15 is 0 Å². The van der Waals surface area contributed by atoms with Crippen LogP contribution in [0.4, 0.5) is 5.82 Å². The van der Waals surface area contributed by atoms with Gasteiger partial charge in [-0.1, -0.05) is 6.92 Å². The highest BCUT2D eigenvalue weighted by atomic mass is 16.5. The minimum atomic E-state index is -0.604. The van der Waals surface area contributed by atoms with Crippen LogP contribution in [0.15, 0.2) is 6.20 Å². The van der Waals surface area contributed by atoms with Crippen molar-refractivity contribution in [2.24, 2.45) is 40.9 Å². The second kappa shape index (κ2) is 8.57. The molecule has 0 radical (unpaired) electrons. The van der Waals surface area contributed by atoms with Crippen molar-refractivity contribution in [3.05, 3.63) is 11.8 Å². The lowest BCUT2D eigenvalue weighted by molar-refractivity contribution is -0.129. The van der Waals surface area contributed by atoms with Crippen LogP contribution >= 0.6 is 0 Å². The van der Waals surface area contributed by atoms with Gasteiger partial charge in [-0.25, -0.2) is 4.68 Å². The number of nitriles is 1. The fraction of sp³-hybridized carbons (Fsp3) is 0.852. The average molecular weight is 455 g/mol. The van der Waals surface area contributed by atoms with Gasteiger partial charge in [-0.15, -0.1) is 0 Å². The van der Waals surface area contributed by atoms with Crippen LogP contribution in [0.1, 0.15) is 90.2 Å². The molecule has 182 valence electrons. The minimum Gasteiger partial charge on any atom is -0.387 e. The van der Waals surface area contributed by atoms with Crippen LogP contribution in [0.25, 0.3) is 0 Å². The van der Waals surface area contributed by atoms with Crippen LogP contribution in [0.3, 0.4) is 0 Å². The molecule has 1 aromatic heterocycles. The van der Waals surface area contributed by atoms with Crippen molar-refractivity contribution in [3.8, 4) is 6.07 Å². The van der Waals surface area contributed by atoms with E-state index in [0.717, 1.165) is 36.5 Å². The van der Waals surface area contributed by atoms with Crippen LogP contribution in [0, 0.1) is 52.3 Å². The fourth-order valence-corrected chi connectivity index (χ4v) is 9.17. The summed E-state index contributed by atoms with van der Waals surface area (Å²) in [4.78, 5) is 0. The second-order valence-corrected chi connectivity index (χ2v) is 12.0. The zero-order valence-electron chi connectivity index (χ0n) is 20.7. The standard InChI is InChI=1S/C27H42N4O2/c1-4-33-16-27(32)12-10-20-18(13-27)5-6-22-21(20)9-11-26(3)23(7-8-24(22)26)17(2)31-25(29)19(14-28)15-30-31/h15,17-18,20-24,32H,4-13,16,29H2,1-3H3/t17-,18-,20+,21-,22-,23?,24+,26-,27-/m1/s1. The second-order valence-electron chi connectivity index (χ2n) is 12.0. The maximum atomic E-state index is 11.1. The summed E-state index contributed by atoms with van der Waals surface area (Å²) in [5.41, 5.74) is 6.48. The van der Waals surface area contributed by atoms with Gasteiger partial charge < -0.3 is 15.6 Å². The first-order chi connectivity index (χ1) is 15.8. The van der Waals surface area contributed by atoms with Crippen molar-refractivity contribution in [1.82, 2.24) is 9.78 Å². The smallest absolute Gasteiger partial charge is 0.140 e. The number of hydrogen-bond acceptors (Lipinski definition) is 5. The third kappa shape index (κ3) is 3.71. The summed E-state index contributed by atoms with van der Waals surface area (Å²) in [5, 5.41) is 24.9. The van der Waals surface area contributed by atoms with Gasteiger partial charge in [0.05, 0.1) is 24.4 Å². The summed E-state index contributed by atoms with van der Waals surface area (Å²) < 4.78 is 7.55. The highest BCUT2D eigenvalue weighted by Gasteiger charge is 2.58. The van der Waals surface area contributed by atoms with E-state index in [1.807, 2.05) is 11.6 Å². The SMILES string of the molecule is CCOC[C@@]1(O)CC[C@H]2[C@H](CC[C@@H]3[C@@H]2CC[C@]2(C)C([C@@H](C)n4ncc(C#N)c4N)CC[C@@H]32)C1. The topological polar surface area (TPSA) is 97.1 Å². The molecule has 9 atom stereocenters. The fourth-order valence-electron chi connectivity index (χ4n) is 9.17. The Morgan fingerprint density at radius 3 is 2.73 bits per heavy atom. The Labute approximate surface area is 198 Å². The largest absolute Gasteiger partial charge is 0.387 e. The van der Waals surface area contributed by atoms with Crippen LogP contribution in [-0.4, -0.2) is 33.7 Å². The molecule has 4 aliphatic carbocycles. The van der Waals surface area contributed by atoms with Gasteiger partial charge in [0.1, 0.15) is 17.5 Å². The van der Waals surface area contributed by atoms with Crippen molar-refractivity contribution >= 4 is 5.82 Å². The maximum absolute atomic E-state index is 11.1. The molecule has 1 heterocycles. The van der Waals surface area contributed by atoms with E-state index in [-0.39, 0.29) is 6.04 Å². The highest BCUT2D eigenvalue weighted by Crippen LogP contribution is 2.66. The number of fused-ring (bicyclic) bond motifs is 5. The van der Waals surface area contributed by atoms with Crippen molar-refractivity contribution in [1.29, 1.82) is 5.26 Å². The van der Waals surface area contributed by atoms with Crippen molar-refractivity contribution in [3.63, 3.8) is 0 Å². The number of rotatable bonds is 5. The van der Waals surface area contributed by atoms with Crippen LogP contribution in [-0.2, 0) is 4.74 Å². The molecule has 0 saturated heterocycles. The quantitative estimate of drug-likeness (QED) is 0.657. The van der Waals surface area contributed by atoms with Crippen LogP contribution < -0.4 is 5.73 Å². The molecule has 6 nitrogen and oxygen atoms in total. The van der Waals surface area contributed by atoms with E-state index in [9.17, 15) is 10.4 Å². The Morgan fingerprint density at radius 1 is 1.21 bits per heavy atom. The minimum absolute atomic E-state index is 0.221. The normalized spacial score (nSPS) is 43.2. The Bertz CT molecular complexity index is 908. The first kappa shape index (κ1) is 23.2. The number of hydrogen-bond donors (Lipinski definition) is 2. The molecule has 1 aromatic rings. The Balaban J connectivity index is 1.31. The summed E-state index contributed by atoms with van der Waals surface area (Å²) in [6.07, 6.45) is 12.4. The molecular weight excluding hydrogens is 412 g/mol. The first-order valence-corrected chi connectivity index (χ1v) is 13.3. The van der Waals surface area contributed by atoms with E-state index in [0.29, 0.717) is 41.8 Å². The average Bonchev–Trinajstić information content (AvgIpc) is 3.36. The van der Waals surface area contributed by atoms with E-state index in [4.69, 9.17) is 10.5 Å². The van der Waals surface area contributed by atoms with Crippen molar-refractivity contribution < 1.29 is 9.84 Å². The number of aliphatic hydroxyl groups is 1. The Hall–Kier alpha value is -1.58. The van der Waals surface area contributed by atoms with Gasteiger partial charge in [0.25, 0.3) is 0 Å². The predicted molar refractivity (Wildman–Crippen MR) is 128 cm³/mol. The lowest BCUT2D eigenvalue weighted by Gasteiger charge is -2.57. The third-order valence-electron chi connectivity index (χ3n) is 10.7. The molecule has 5 rings (SSSR count). The van der Waals surface area contributed by atoms with Crippen molar-refractivity contribution in [2.75, 3.05) is 18.9 Å². The molecule has 33 heavy (non-hydrogen) atoms. The van der Waals surface area contributed by atoms with Crippen LogP contribution in [0.2, 0.25) is 0 Å². The van der Waals surface area contributed by atoms with Gasteiger partial charge >= 0.3 is 0 Å². The zero-order chi connectivity index (χ0) is 23.4. The number of aromatic nitrogens is 2. The molecule has 0 bridgehead atoms. The van der Waals surface area contributed by atoms with Crippen molar-refractivity contribution in [2.45, 2.75) is 90.2 Å². The number of nitrogen functional groups attached to an aromatic ring is 1. The summed E-state index contributed by atoms with van der Waals surface area (Å²) in [7, 11) is 0. The number of anilines is 1. The zero-order valence-corrected chi connectivity index (χ0v) is 20.7. The Kier molecular flexibility index (Phi) is 6.02. The highest BCUT2D eigenvalue weighted by molar-refractivity contribution is 5.47. The molecule has 0 spiro atoms. The molecular formula is C27H42N4O2. The molecule has 4 fully saturated rings. The predicted octanol–water partition coefficient (Wildman–Crippen LogP) is 4.93. The number of ether oxygens (including phenoxy) is 1. The van der Waals surface area contributed by atoms with E-state index < -0.39 is 5.60 Å². The van der Waals surface area contributed by atoms with Gasteiger partial charge in [0.2, 0.25) is 0 Å². The van der Waals surface area contributed by atoms with Crippen LogP contribution in [0.5, 0.6) is 0 Å². The monoisotopic (exact) mass is 454 g/mol. The third-order valence-corrected chi connectivity index (χ3v) is 10.7.